The maximum absolute atomic E-state index is 5.50. The number of nitrogens with one attached hydrogen (secondary N) is 1. The molecule has 0 saturated carbocycles. The highest BCUT2D eigenvalue weighted by atomic mass is 79.9. The molecule has 0 spiro atoms. The molecule has 2 nitrogen and oxygen atoms in total. The van der Waals surface area contributed by atoms with Crippen LogP contribution in [0.4, 0.5) is 5.69 Å². The summed E-state index contributed by atoms with van der Waals surface area (Å²) in [6.45, 7) is 2.49. The van der Waals surface area contributed by atoms with E-state index in [4.69, 9.17) is 17.0 Å². The van der Waals surface area contributed by atoms with Gasteiger partial charge in [0.25, 0.3) is 0 Å². The zero-order valence-corrected chi connectivity index (χ0v) is 9.46. The number of rotatable bonds is 0. The molecule has 13 heavy (non-hydrogen) atoms. The molecule has 1 aliphatic heterocycles. The van der Waals surface area contributed by atoms with Gasteiger partial charge >= 0.3 is 0 Å². The Morgan fingerprint density at radius 2 is 2.31 bits per heavy atom. The van der Waals surface area contributed by atoms with Gasteiger partial charge in [-0.1, -0.05) is 28.1 Å². The van der Waals surface area contributed by atoms with Crippen LogP contribution in [0.15, 0.2) is 16.6 Å². The highest BCUT2D eigenvalue weighted by molar-refractivity contribution is 9.10. The largest absolute Gasteiger partial charge is 0.484 e. The monoisotopic (exact) mass is 257 g/mol. The van der Waals surface area contributed by atoms with Gasteiger partial charge in [0.1, 0.15) is 17.3 Å². The number of thiocarbonyl (C=S) groups is 1. The molecule has 0 fully saturated rings. The molecule has 1 heterocycles. The fourth-order valence-electron chi connectivity index (χ4n) is 1.34. The van der Waals surface area contributed by atoms with Crippen LogP contribution in [0.2, 0.25) is 0 Å². The third-order valence-corrected chi connectivity index (χ3v) is 2.54. The van der Waals surface area contributed by atoms with Crippen molar-refractivity contribution in [2.75, 3.05) is 11.9 Å². The lowest BCUT2D eigenvalue weighted by molar-refractivity contribution is 0.372. The zero-order chi connectivity index (χ0) is 9.42. The summed E-state index contributed by atoms with van der Waals surface area (Å²) in [5.74, 6) is 0.900. The van der Waals surface area contributed by atoms with Crippen molar-refractivity contribution in [3.05, 3.63) is 22.2 Å². The van der Waals surface area contributed by atoms with Crippen molar-refractivity contribution < 1.29 is 4.74 Å². The summed E-state index contributed by atoms with van der Waals surface area (Å²) in [5, 5.41) is 3.12. The summed E-state index contributed by atoms with van der Waals surface area (Å²) in [6.07, 6.45) is 0. The normalized spacial score (nSPS) is 14.5. The molecule has 2 rings (SSSR count). The Hall–Kier alpha value is -0.610. The van der Waals surface area contributed by atoms with E-state index in [1.54, 1.807) is 0 Å². The van der Waals surface area contributed by atoms with Gasteiger partial charge in [0.2, 0.25) is 0 Å². The van der Waals surface area contributed by atoms with Crippen molar-refractivity contribution in [2.45, 2.75) is 6.92 Å². The Morgan fingerprint density at radius 1 is 1.54 bits per heavy atom. The van der Waals surface area contributed by atoms with Crippen LogP contribution >= 0.6 is 28.1 Å². The van der Waals surface area contributed by atoms with E-state index in [1.165, 1.54) is 0 Å². The van der Waals surface area contributed by atoms with Crippen LogP contribution in [-0.4, -0.2) is 11.6 Å². The molecule has 1 aromatic carbocycles. The van der Waals surface area contributed by atoms with E-state index in [2.05, 4.69) is 21.2 Å². The summed E-state index contributed by atoms with van der Waals surface area (Å²) < 4.78 is 6.53. The molecule has 68 valence electrons. The summed E-state index contributed by atoms with van der Waals surface area (Å²) in [5.41, 5.74) is 2.06. The predicted molar refractivity (Wildman–Crippen MR) is 60.6 cm³/mol. The van der Waals surface area contributed by atoms with Crippen LogP contribution in [0.3, 0.4) is 0 Å². The number of aryl methyl sites for hydroxylation is 1. The first-order valence-corrected chi connectivity index (χ1v) is 5.10. The predicted octanol–water partition coefficient (Wildman–Crippen LogP) is 2.89. The van der Waals surface area contributed by atoms with Crippen molar-refractivity contribution in [2.24, 2.45) is 0 Å². The van der Waals surface area contributed by atoms with Crippen molar-refractivity contribution >= 4 is 38.8 Å². The van der Waals surface area contributed by atoms with Crippen LogP contribution in [0.5, 0.6) is 5.75 Å². The van der Waals surface area contributed by atoms with E-state index in [1.807, 2.05) is 19.1 Å². The zero-order valence-electron chi connectivity index (χ0n) is 7.06. The van der Waals surface area contributed by atoms with Gasteiger partial charge in [-0.05, 0) is 24.6 Å². The average molecular weight is 258 g/mol. The molecular formula is C9H8BrNOS. The highest BCUT2D eigenvalue weighted by Gasteiger charge is 2.15. The first-order valence-electron chi connectivity index (χ1n) is 3.89. The van der Waals surface area contributed by atoms with E-state index < -0.39 is 0 Å². The molecule has 0 unspecified atom stereocenters. The standard InChI is InChI=1S/C9H8BrNOS/c1-5-2-6(10)3-7-9(5)12-4-8(13)11-7/h2-3H,4H2,1H3,(H,11,13). The number of halogens is 1. The SMILES string of the molecule is Cc1cc(Br)cc2c1OCC(=S)N2. The first kappa shape index (κ1) is 8.97. The quantitative estimate of drug-likeness (QED) is 0.723. The number of fused-ring (bicyclic) bond motifs is 1. The van der Waals surface area contributed by atoms with Crippen molar-refractivity contribution in [1.82, 2.24) is 0 Å². The molecule has 1 N–H and O–H groups in total. The lowest BCUT2D eigenvalue weighted by Crippen LogP contribution is -2.24. The number of benzene rings is 1. The topological polar surface area (TPSA) is 21.3 Å². The summed E-state index contributed by atoms with van der Waals surface area (Å²) >= 11 is 8.44. The molecule has 0 bridgehead atoms. The minimum Gasteiger partial charge on any atom is -0.484 e. The number of ether oxygens (including phenoxy) is 1. The van der Waals surface area contributed by atoms with Crippen molar-refractivity contribution in [3.8, 4) is 5.75 Å². The smallest absolute Gasteiger partial charge is 0.146 e. The molecule has 1 aromatic rings. The maximum atomic E-state index is 5.50. The van der Waals surface area contributed by atoms with Crippen LogP contribution in [0.25, 0.3) is 0 Å². The second-order valence-electron chi connectivity index (χ2n) is 2.94. The third kappa shape index (κ3) is 1.69. The van der Waals surface area contributed by atoms with Gasteiger partial charge in [-0.25, -0.2) is 0 Å². The highest BCUT2D eigenvalue weighted by Crippen LogP contribution is 2.34. The Balaban J connectivity index is 2.53. The minimum absolute atomic E-state index is 0.477. The van der Waals surface area contributed by atoms with E-state index in [9.17, 15) is 0 Å². The Labute approximate surface area is 90.4 Å². The number of anilines is 1. The van der Waals surface area contributed by atoms with Gasteiger partial charge < -0.3 is 10.1 Å². The molecule has 0 saturated heterocycles. The number of hydrogen-bond acceptors (Lipinski definition) is 2. The maximum Gasteiger partial charge on any atom is 0.146 e. The molecule has 0 aliphatic carbocycles. The first-order chi connectivity index (χ1) is 6.16. The van der Waals surface area contributed by atoms with Crippen LogP contribution in [0.1, 0.15) is 5.56 Å². The molecule has 0 aromatic heterocycles. The lowest BCUT2D eigenvalue weighted by atomic mass is 10.2. The van der Waals surface area contributed by atoms with Crippen molar-refractivity contribution in [3.63, 3.8) is 0 Å². The molecule has 0 atom stereocenters. The fraction of sp³-hybridized carbons (Fsp3) is 0.222. The van der Waals surface area contributed by atoms with E-state index in [0.29, 0.717) is 6.61 Å². The molecule has 0 amide bonds. The molecular weight excluding hydrogens is 250 g/mol. The van der Waals surface area contributed by atoms with Crippen LogP contribution < -0.4 is 10.1 Å². The van der Waals surface area contributed by atoms with Crippen LogP contribution in [0, 0.1) is 6.92 Å². The minimum atomic E-state index is 0.477. The summed E-state index contributed by atoms with van der Waals surface area (Å²) in [7, 11) is 0. The second-order valence-corrected chi connectivity index (χ2v) is 4.34. The lowest BCUT2D eigenvalue weighted by Gasteiger charge is -2.21. The summed E-state index contributed by atoms with van der Waals surface area (Å²) in [4.78, 5) is 0.727. The Morgan fingerprint density at radius 3 is 3.08 bits per heavy atom. The van der Waals surface area contributed by atoms with E-state index >= 15 is 0 Å². The van der Waals surface area contributed by atoms with Gasteiger partial charge in [0.05, 0.1) is 5.69 Å². The van der Waals surface area contributed by atoms with Gasteiger partial charge in [-0.3, -0.25) is 0 Å². The molecule has 0 radical (unpaired) electrons. The third-order valence-electron chi connectivity index (χ3n) is 1.86. The number of hydrogen-bond donors (Lipinski definition) is 1. The van der Waals surface area contributed by atoms with Gasteiger partial charge in [-0.2, -0.15) is 0 Å². The Bertz CT molecular complexity index is 378. The van der Waals surface area contributed by atoms with Gasteiger partial charge in [-0.15, -0.1) is 0 Å². The van der Waals surface area contributed by atoms with Gasteiger partial charge in [0.15, 0.2) is 0 Å². The second kappa shape index (κ2) is 3.27. The van der Waals surface area contributed by atoms with Crippen LogP contribution in [-0.2, 0) is 0 Å². The average Bonchev–Trinajstić information content (AvgIpc) is 2.02. The fourth-order valence-corrected chi connectivity index (χ4v) is 2.08. The van der Waals surface area contributed by atoms with Crippen molar-refractivity contribution in [1.29, 1.82) is 0 Å². The summed E-state index contributed by atoms with van der Waals surface area (Å²) in [6, 6.07) is 3.99. The molecule has 4 heteroatoms. The van der Waals surface area contributed by atoms with E-state index in [0.717, 1.165) is 26.5 Å². The van der Waals surface area contributed by atoms with Gasteiger partial charge in [0, 0.05) is 4.47 Å². The van der Waals surface area contributed by atoms with E-state index in [-0.39, 0.29) is 0 Å². The molecule has 1 aliphatic rings. The Kier molecular flexibility index (Phi) is 2.26.